The van der Waals surface area contributed by atoms with Gasteiger partial charge in [-0.15, -0.1) is 0 Å². The second-order valence-electron chi connectivity index (χ2n) is 5.04. The third-order valence-corrected chi connectivity index (χ3v) is 4.06. The molecule has 2 N–H and O–H groups in total. The predicted octanol–water partition coefficient (Wildman–Crippen LogP) is 2.16. The predicted molar refractivity (Wildman–Crippen MR) is 80.8 cm³/mol. The summed E-state index contributed by atoms with van der Waals surface area (Å²) < 4.78 is 4.96. The Balaban J connectivity index is 2.58. The Morgan fingerprint density at radius 2 is 1.85 bits per heavy atom. The first-order valence-electron chi connectivity index (χ1n) is 6.68. The number of nitrogens with zero attached hydrogens (tertiary/aromatic N) is 2. The number of rotatable bonds is 6. The Hall–Kier alpha value is -1.14. The van der Waals surface area contributed by atoms with Crippen LogP contribution >= 0.6 is 11.8 Å². The number of esters is 1. The second-order valence-corrected chi connectivity index (χ2v) is 6.10. The zero-order chi connectivity index (χ0) is 15.3. The van der Waals surface area contributed by atoms with Gasteiger partial charge in [0, 0.05) is 17.1 Å². The molecular weight excluding hydrogens is 274 g/mol. The number of hydrogen-bond donors (Lipinski definition) is 1. The Kier molecular flexibility index (Phi) is 5.95. The molecule has 6 heteroatoms. The fourth-order valence-corrected chi connectivity index (χ4v) is 2.67. The van der Waals surface area contributed by atoms with Gasteiger partial charge in [0.2, 0.25) is 0 Å². The molecule has 1 atom stereocenters. The molecule has 0 fully saturated rings. The molecule has 0 aliphatic heterocycles. The van der Waals surface area contributed by atoms with Crippen LogP contribution in [0.2, 0.25) is 0 Å². The highest BCUT2D eigenvalue weighted by Gasteiger charge is 2.29. The van der Waals surface area contributed by atoms with Crippen molar-refractivity contribution < 1.29 is 9.53 Å². The van der Waals surface area contributed by atoms with Crippen molar-refractivity contribution in [2.24, 2.45) is 5.73 Å². The molecule has 0 radical (unpaired) electrons. The first kappa shape index (κ1) is 16.9. The van der Waals surface area contributed by atoms with Crippen molar-refractivity contribution in [2.45, 2.75) is 51.7 Å². The van der Waals surface area contributed by atoms with Crippen LogP contribution in [-0.2, 0) is 9.53 Å². The number of hydrogen-bond acceptors (Lipinski definition) is 6. The third kappa shape index (κ3) is 4.45. The molecule has 20 heavy (non-hydrogen) atoms. The van der Waals surface area contributed by atoms with Gasteiger partial charge in [0.25, 0.3) is 0 Å². The van der Waals surface area contributed by atoms with E-state index < -0.39 is 5.54 Å². The molecule has 5 nitrogen and oxygen atoms in total. The minimum Gasteiger partial charge on any atom is -0.465 e. The number of aromatic nitrogens is 2. The molecule has 1 aromatic heterocycles. The van der Waals surface area contributed by atoms with E-state index in [1.54, 1.807) is 13.8 Å². The van der Waals surface area contributed by atoms with Crippen LogP contribution in [0.4, 0.5) is 0 Å². The number of nitrogens with two attached hydrogens (primary N) is 1. The topological polar surface area (TPSA) is 78.1 Å². The fourth-order valence-electron chi connectivity index (χ4n) is 1.56. The van der Waals surface area contributed by atoms with E-state index in [4.69, 9.17) is 10.5 Å². The highest BCUT2D eigenvalue weighted by atomic mass is 32.2. The van der Waals surface area contributed by atoms with Gasteiger partial charge in [-0.05, 0) is 46.6 Å². The summed E-state index contributed by atoms with van der Waals surface area (Å²) in [5.41, 5.74) is 8.09. The molecule has 0 aromatic carbocycles. The average molecular weight is 297 g/mol. The summed E-state index contributed by atoms with van der Waals surface area (Å²) in [4.78, 5) is 20.5. The molecule has 0 spiro atoms. The molecule has 0 saturated heterocycles. The van der Waals surface area contributed by atoms with Crippen LogP contribution in [0.25, 0.3) is 0 Å². The van der Waals surface area contributed by atoms with Crippen molar-refractivity contribution in [3.63, 3.8) is 0 Å². The van der Waals surface area contributed by atoms with Gasteiger partial charge in [0.05, 0.1) is 6.61 Å². The van der Waals surface area contributed by atoms with Crippen LogP contribution in [-0.4, -0.2) is 33.8 Å². The largest absolute Gasteiger partial charge is 0.465 e. The fraction of sp³-hybridized carbons (Fsp3) is 0.643. The molecule has 0 aliphatic carbocycles. The summed E-state index contributed by atoms with van der Waals surface area (Å²) in [5.74, 6) is 0.311. The van der Waals surface area contributed by atoms with Crippen LogP contribution in [0.1, 0.15) is 37.2 Å². The van der Waals surface area contributed by atoms with E-state index in [1.807, 2.05) is 20.8 Å². The third-order valence-electron chi connectivity index (χ3n) is 3.21. The molecule has 1 rings (SSSR count). The Morgan fingerprint density at radius 1 is 1.30 bits per heavy atom. The maximum absolute atomic E-state index is 11.7. The number of ether oxygens (including phenoxy) is 1. The lowest BCUT2D eigenvalue weighted by molar-refractivity contribution is -0.149. The molecule has 0 saturated carbocycles. The molecule has 112 valence electrons. The van der Waals surface area contributed by atoms with Crippen molar-refractivity contribution in [1.82, 2.24) is 9.97 Å². The van der Waals surface area contributed by atoms with Crippen molar-refractivity contribution in [3.05, 3.63) is 17.0 Å². The maximum atomic E-state index is 11.7. The van der Waals surface area contributed by atoms with Gasteiger partial charge >= 0.3 is 5.97 Å². The van der Waals surface area contributed by atoms with E-state index >= 15 is 0 Å². The van der Waals surface area contributed by atoms with Crippen LogP contribution in [0.15, 0.2) is 5.16 Å². The van der Waals surface area contributed by atoms with Gasteiger partial charge < -0.3 is 10.5 Å². The Morgan fingerprint density at radius 3 is 2.35 bits per heavy atom. The molecule has 1 aromatic rings. The lowest BCUT2D eigenvalue weighted by Gasteiger charge is -2.21. The zero-order valence-electron chi connectivity index (χ0n) is 12.8. The van der Waals surface area contributed by atoms with Crippen LogP contribution in [0.3, 0.4) is 0 Å². The van der Waals surface area contributed by atoms with Gasteiger partial charge in [0.15, 0.2) is 5.16 Å². The quantitative estimate of drug-likeness (QED) is 0.492. The van der Waals surface area contributed by atoms with Crippen molar-refractivity contribution in [1.29, 1.82) is 0 Å². The van der Waals surface area contributed by atoms with E-state index in [2.05, 4.69) is 9.97 Å². The Bertz CT molecular complexity index is 466. The van der Waals surface area contributed by atoms with E-state index in [-0.39, 0.29) is 5.97 Å². The summed E-state index contributed by atoms with van der Waals surface area (Å²) in [6.45, 7) is 9.76. The SMILES string of the molecule is CCOC(=O)C(C)(N)CCSc1nc(C)c(C)c(C)n1. The molecule has 0 amide bonds. The van der Waals surface area contributed by atoms with Crippen molar-refractivity contribution in [2.75, 3.05) is 12.4 Å². The van der Waals surface area contributed by atoms with Gasteiger partial charge in [-0.2, -0.15) is 0 Å². The minimum absolute atomic E-state index is 0.345. The number of carbonyl (C=O) groups is 1. The number of carbonyl (C=O) groups excluding carboxylic acids is 1. The van der Waals surface area contributed by atoms with Crippen molar-refractivity contribution in [3.8, 4) is 0 Å². The maximum Gasteiger partial charge on any atom is 0.325 e. The standard InChI is InChI=1S/C14H23N3O2S/c1-6-19-12(18)14(5,15)7-8-20-13-16-10(3)9(2)11(4)17-13/h6-8,15H2,1-5H3. The normalized spacial score (nSPS) is 13.9. The molecule has 1 heterocycles. The Labute approximate surface area is 124 Å². The minimum atomic E-state index is -0.961. The summed E-state index contributed by atoms with van der Waals surface area (Å²) in [6, 6.07) is 0. The first-order chi connectivity index (χ1) is 9.27. The number of aryl methyl sites for hydroxylation is 2. The van der Waals surface area contributed by atoms with Gasteiger partial charge in [-0.1, -0.05) is 11.8 Å². The van der Waals surface area contributed by atoms with Crippen molar-refractivity contribution >= 4 is 17.7 Å². The number of thioether (sulfide) groups is 1. The second kappa shape index (κ2) is 7.04. The average Bonchev–Trinajstić information content (AvgIpc) is 2.36. The summed E-state index contributed by atoms with van der Waals surface area (Å²) in [7, 11) is 0. The van der Waals surface area contributed by atoms with E-state index in [1.165, 1.54) is 11.8 Å². The van der Waals surface area contributed by atoms with Crippen LogP contribution in [0, 0.1) is 20.8 Å². The van der Waals surface area contributed by atoms with E-state index in [9.17, 15) is 4.79 Å². The summed E-state index contributed by atoms with van der Waals surface area (Å²) in [6.07, 6.45) is 0.520. The van der Waals surface area contributed by atoms with E-state index in [0.29, 0.717) is 18.8 Å². The van der Waals surface area contributed by atoms with Gasteiger partial charge in [-0.25, -0.2) is 9.97 Å². The summed E-state index contributed by atoms with van der Waals surface area (Å²) >= 11 is 1.51. The molecular formula is C14H23N3O2S. The van der Waals surface area contributed by atoms with Crippen LogP contribution < -0.4 is 5.73 Å². The smallest absolute Gasteiger partial charge is 0.325 e. The highest BCUT2D eigenvalue weighted by Crippen LogP contribution is 2.20. The lowest BCUT2D eigenvalue weighted by atomic mass is 10.0. The first-order valence-corrected chi connectivity index (χ1v) is 7.67. The van der Waals surface area contributed by atoms with E-state index in [0.717, 1.165) is 22.1 Å². The monoisotopic (exact) mass is 297 g/mol. The lowest BCUT2D eigenvalue weighted by Crippen LogP contribution is -2.46. The van der Waals surface area contributed by atoms with Crippen LogP contribution in [0.5, 0.6) is 0 Å². The summed E-state index contributed by atoms with van der Waals surface area (Å²) in [5, 5.41) is 0.727. The molecule has 0 aliphatic rings. The highest BCUT2D eigenvalue weighted by molar-refractivity contribution is 7.99. The zero-order valence-corrected chi connectivity index (χ0v) is 13.6. The molecule has 1 unspecified atom stereocenters. The van der Waals surface area contributed by atoms with Gasteiger partial charge in [0.1, 0.15) is 5.54 Å². The van der Waals surface area contributed by atoms with Gasteiger partial charge in [-0.3, -0.25) is 4.79 Å². The molecule has 0 bridgehead atoms.